The highest BCUT2D eigenvalue weighted by molar-refractivity contribution is 6.42. The van der Waals surface area contributed by atoms with Gasteiger partial charge in [0.05, 0.1) is 29.1 Å². The van der Waals surface area contributed by atoms with Crippen LogP contribution in [0, 0.1) is 18.3 Å². The van der Waals surface area contributed by atoms with Crippen LogP contribution in [0.1, 0.15) is 12.2 Å². The molecular formula is C12H10Cl2N4. The zero-order chi connectivity index (χ0) is 13.1. The van der Waals surface area contributed by atoms with Crippen molar-refractivity contribution in [3.8, 4) is 17.5 Å². The number of nitrogens with zero attached hydrogens (tertiary/aromatic N) is 4. The van der Waals surface area contributed by atoms with E-state index < -0.39 is 0 Å². The zero-order valence-electron chi connectivity index (χ0n) is 9.69. The van der Waals surface area contributed by atoms with E-state index in [1.165, 1.54) is 0 Å². The number of aryl methyl sites for hydroxylation is 2. The number of benzene rings is 1. The lowest BCUT2D eigenvalue weighted by molar-refractivity contribution is 0.628. The maximum Gasteiger partial charge on any atom is 0.158 e. The van der Waals surface area contributed by atoms with E-state index in [1.807, 2.05) is 13.0 Å². The van der Waals surface area contributed by atoms with E-state index in [2.05, 4.69) is 16.2 Å². The second-order valence-corrected chi connectivity index (χ2v) is 4.56. The average molecular weight is 281 g/mol. The van der Waals surface area contributed by atoms with Crippen molar-refractivity contribution >= 4 is 23.2 Å². The van der Waals surface area contributed by atoms with Crippen molar-refractivity contribution in [3.63, 3.8) is 0 Å². The van der Waals surface area contributed by atoms with Gasteiger partial charge in [-0.2, -0.15) is 10.4 Å². The molecule has 0 unspecified atom stereocenters. The second-order valence-electron chi connectivity index (χ2n) is 3.74. The van der Waals surface area contributed by atoms with Crippen molar-refractivity contribution in [3.05, 3.63) is 34.1 Å². The molecule has 2 aromatic rings. The van der Waals surface area contributed by atoms with Crippen LogP contribution < -0.4 is 0 Å². The monoisotopic (exact) mass is 280 g/mol. The number of aromatic nitrogens is 3. The Labute approximate surface area is 115 Å². The Kier molecular flexibility index (Phi) is 3.85. The van der Waals surface area contributed by atoms with E-state index in [0.29, 0.717) is 34.7 Å². The SMILES string of the molecule is Cc1nc(-c2ccc(Cl)c(Cl)c2)n(CCC#N)n1. The van der Waals surface area contributed by atoms with Crippen LogP contribution in [0.25, 0.3) is 11.4 Å². The van der Waals surface area contributed by atoms with Gasteiger partial charge in [-0.25, -0.2) is 9.67 Å². The number of hydrogen-bond acceptors (Lipinski definition) is 3. The Morgan fingerprint density at radius 3 is 2.78 bits per heavy atom. The molecule has 2 rings (SSSR count). The third-order valence-corrected chi connectivity index (χ3v) is 3.13. The van der Waals surface area contributed by atoms with E-state index in [1.54, 1.807) is 16.8 Å². The fraction of sp³-hybridized carbons (Fsp3) is 0.250. The molecule has 92 valence electrons. The van der Waals surface area contributed by atoms with Gasteiger partial charge in [-0.05, 0) is 25.1 Å². The highest BCUT2D eigenvalue weighted by Crippen LogP contribution is 2.27. The molecule has 0 N–H and O–H groups in total. The lowest BCUT2D eigenvalue weighted by atomic mass is 10.2. The van der Waals surface area contributed by atoms with E-state index >= 15 is 0 Å². The van der Waals surface area contributed by atoms with E-state index in [9.17, 15) is 0 Å². The average Bonchev–Trinajstić information content (AvgIpc) is 2.71. The van der Waals surface area contributed by atoms with Crippen LogP contribution >= 0.6 is 23.2 Å². The van der Waals surface area contributed by atoms with Crippen molar-refractivity contribution in [1.82, 2.24) is 14.8 Å². The maximum absolute atomic E-state index is 8.63. The Balaban J connectivity index is 2.43. The normalized spacial score (nSPS) is 10.3. The summed E-state index contributed by atoms with van der Waals surface area (Å²) in [5.74, 6) is 1.36. The van der Waals surface area contributed by atoms with Gasteiger partial charge in [-0.1, -0.05) is 23.2 Å². The molecule has 0 atom stereocenters. The Bertz CT molecular complexity index is 613. The van der Waals surface area contributed by atoms with Gasteiger partial charge < -0.3 is 0 Å². The molecule has 0 aliphatic rings. The van der Waals surface area contributed by atoms with E-state index in [0.717, 1.165) is 5.56 Å². The van der Waals surface area contributed by atoms with Crippen LogP contribution in [0.3, 0.4) is 0 Å². The molecule has 4 nitrogen and oxygen atoms in total. The molecule has 0 saturated heterocycles. The molecule has 18 heavy (non-hydrogen) atoms. The Morgan fingerprint density at radius 2 is 2.11 bits per heavy atom. The lowest BCUT2D eigenvalue weighted by Gasteiger charge is -2.04. The highest BCUT2D eigenvalue weighted by Gasteiger charge is 2.11. The summed E-state index contributed by atoms with van der Waals surface area (Å²) in [6.45, 7) is 2.32. The zero-order valence-corrected chi connectivity index (χ0v) is 11.2. The lowest BCUT2D eigenvalue weighted by Crippen LogP contribution is -2.02. The quantitative estimate of drug-likeness (QED) is 0.865. The summed E-state index contributed by atoms with van der Waals surface area (Å²) in [4.78, 5) is 4.35. The number of rotatable bonds is 3. The van der Waals surface area contributed by atoms with Crippen LogP contribution in [0.5, 0.6) is 0 Å². The number of nitriles is 1. The molecular weight excluding hydrogens is 271 g/mol. The van der Waals surface area contributed by atoms with E-state index in [-0.39, 0.29) is 0 Å². The standard InChI is InChI=1S/C12H10Cl2N4/c1-8-16-12(18(17-8)6-2-5-15)9-3-4-10(13)11(14)7-9/h3-4,7H,2,6H2,1H3. The summed E-state index contributed by atoms with van der Waals surface area (Å²) >= 11 is 11.9. The van der Waals surface area contributed by atoms with Gasteiger partial charge >= 0.3 is 0 Å². The van der Waals surface area contributed by atoms with Crippen molar-refractivity contribution in [2.24, 2.45) is 0 Å². The predicted octanol–water partition coefficient (Wildman–Crippen LogP) is 3.47. The Hall–Kier alpha value is -1.57. The smallest absolute Gasteiger partial charge is 0.158 e. The van der Waals surface area contributed by atoms with Gasteiger partial charge in [-0.3, -0.25) is 0 Å². The molecule has 0 fully saturated rings. The van der Waals surface area contributed by atoms with Gasteiger partial charge in [-0.15, -0.1) is 0 Å². The summed E-state index contributed by atoms with van der Waals surface area (Å²) in [5, 5.41) is 13.9. The summed E-state index contributed by atoms with van der Waals surface area (Å²) < 4.78 is 1.71. The summed E-state index contributed by atoms with van der Waals surface area (Å²) in [6, 6.07) is 7.39. The first-order valence-corrected chi connectivity index (χ1v) is 6.11. The van der Waals surface area contributed by atoms with E-state index in [4.69, 9.17) is 28.5 Å². The van der Waals surface area contributed by atoms with Crippen molar-refractivity contribution < 1.29 is 0 Å². The minimum atomic E-state index is 0.386. The molecule has 0 aliphatic heterocycles. The molecule has 6 heteroatoms. The third kappa shape index (κ3) is 2.63. The fourth-order valence-corrected chi connectivity index (χ4v) is 1.91. The molecule has 0 amide bonds. The summed E-state index contributed by atoms with van der Waals surface area (Å²) in [5.41, 5.74) is 0.836. The van der Waals surface area contributed by atoms with Crippen LogP contribution in [0.2, 0.25) is 10.0 Å². The third-order valence-electron chi connectivity index (χ3n) is 2.39. The highest BCUT2D eigenvalue weighted by atomic mass is 35.5. The van der Waals surface area contributed by atoms with Crippen molar-refractivity contribution in [2.75, 3.05) is 0 Å². The van der Waals surface area contributed by atoms with Crippen molar-refractivity contribution in [2.45, 2.75) is 19.9 Å². The molecule has 0 saturated carbocycles. The second kappa shape index (κ2) is 5.38. The number of halogens is 2. The number of hydrogen-bond donors (Lipinski definition) is 0. The van der Waals surface area contributed by atoms with Gasteiger partial charge in [0, 0.05) is 5.56 Å². The largest absolute Gasteiger partial charge is 0.245 e. The summed E-state index contributed by atoms with van der Waals surface area (Å²) in [7, 11) is 0. The van der Waals surface area contributed by atoms with Gasteiger partial charge in [0.2, 0.25) is 0 Å². The van der Waals surface area contributed by atoms with Crippen LogP contribution in [0.4, 0.5) is 0 Å². The molecule has 0 bridgehead atoms. The van der Waals surface area contributed by atoms with Crippen molar-refractivity contribution in [1.29, 1.82) is 5.26 Å². The predicted molar refractivity (Wildman–Crippen MR) is 70.4 cm³/mol. The van der Waals surface area contributed by atoms with Crippen LogP contribution in [-0.2, 0) is 6.54 Å². The fourth-order valence-electron chi connectivity index (χ4n) is 1.62. The Morgan fingerprint density at radius 1 is 1.33 bits per heavy atom. The van der Waals surface area contributed by atoms with Gasteiger partial charge in [0.1, 0.15) is 5.82 Å². The first kappa shape index (κ1) is 12.9. The van der Waals surface area contributed by atoms with Gasteiger partial charge in [0.25, 0.3) is 0 Å². The van der Waals surface area contributed by atoms with Gasteiger partial charge in [0.15, 0.2) is 5.82 Å². The van der Waals surface area contributed by atoms with Crippen LogP contribution in [0.15, 0.2) is 18.2 Å². The molecule has 1 heterocycles. The topological polar surface area (TPSA) is 54.5 Å². The molecule has 1 aromatic carbocycles. The summed E-state index contributed by atoms with van der Waals surface area (Å²) in [6.07, 6.45) is 0.386. The first-order valence-electron chi connectivity index (χ1n) is 5.35. The maximum atomic E-state index is 8.63. The first-order chi connectivity index (χ1) is 8.61. The molecule has 0 aliphatic carbocycles. The minimum absolute atomic E-state index is 0.386. The molecule has 1 aromatic heterocycles. The van der Waals surface area contributed by atoms with Crippen LogP contribution in [-0.4, -0.2) is 14.8 Å². The molecule has 0 radical (unpaired) electrons. The minimum Gasteiger partial charge on any atom is -0.245 e. The molecule has 0 spiro atoms.